The van der Waals surface area contributed by atoms with E-state index in [1.807, 2.05) is 6.92 Å². The lowest BCUT2D eigenvalue weighted by atomic mass is 10.1. The smallest absolute Gasteiger partial charge is 0.255 e. The van der Waals surface area contributed by atoms with Gasteiger partial charge in [-0.05, 0) is 50.1 Å². The van der Waals surface area contributed by atoms with E-state index >= 15 is 0 Å². The summed E-state index contributed by atoms with van der Waals surface area (Å²) in [5.74, 6) is 0.430. The van der Waals surface area contributed by atoms with Gasteiger partial charge in [-0.15, -0.1) is 0 Å². The number of hydrogen-bond acceptors (Lipinski definition) is 6. The van der Waals surface area contributed by atoms with E-state index in [1.165, 1.54) is 42.8 Å². The van der Waals surface area contributed by atoms with Gasteiger partial charge >= 0.3 is 0 Å². The summed E-state index contributed by atoms with van der Waals surface area (Å²) in [6, 6.07) is 7.51. The highest BCUT2D eigenvalue weighted by Gasteiger charge is 2.29. The van der Waals surface area contributed by atoms with Crippen molar-refractivity contribution < 1.29 is 27.4 Å². The third-order valence-corrected chi connectivity index (χ3v) is 7.34. The van der Waals surface area contributed by atoms with Crippen molar-refractivity contribution >= 4 is 33.2 Å². The van der Waals surface area contributed by atoms with Crippen LogP contribution >= 0.6 is 11.6 Å². The molecule has 0 bridgehead atoms. The number of rotatable bonds is 8. The summed E-state index contributed by atoms with van der Waals surface area (Å²) >= 11 is 6.26. The van der Waals surface area contributed by atoms with E-state index in [9.17, 15) is 13.2 Å². The Hall–Kier alpha value is -2.49. The number of carbonyl (C=O) groups excluding carboxylic acids is 1. The van der Waals surface area contributed by atoms with Crippen LogP contribution in [0.1, 0.15) is 36.5 Å². The average Bonchev–Trinajstić information content (AvgIpc) is 2.80. The number of amides is 1. The van der Waals surface area contributed by atoms with E-state index in [0.29, 0.717) is 36.9 Å². The number of anilines is 1. The fourth-order valence-corrected chi connectivity index (χ4v) is 5.50. The number of carbonyl (C=O) groups is 1. The molecule has 1 N–H and O–H groups in total. The van der Waals surface area contributed by atoms with Crippen LogP contribution in [0.5, 0.6) is 17.2 Å². The largest absolute Gasteiger partial charge is 0.495 e. The summed E-state index contributed by atoms with van der Waals surface area (Å²) in [6.07, 6.45) is 2.64. The standard InChI is InChI=1S/C22H27ClN2O6S/c1-4-31-21-17(23)12-15(13-19(21)30-3)22(26)24-16-8-9-18(29-2)20(14-16)32(27,28)25-10-6-5-7-11-25/h8-9,12-14H,4-7,10-11H2,1-3H3,(H,24,26). The number of benzene rings is 2. The van der Waals surface area contributed by atoms with Crippen LogP contribution in [0.15, 0.2) is 35.2 Å². The minimum atomic E-state index is -3.76. The zero-order chi connectivity index (χ0) is 23.3. The maximum absolute atomic E-state index is 13.2. The van der Waals surface area contributed by atoms with Gasteiger partial charge in [0.15, 0.2) is 11.5 Å². The fourth-order valence-electron chi connectivity index (χ4n) is 3.54. The van der Waals surface area contributed by atoms with Gasteiger partial charge in [-0.3, -0.25) is 4.79 Å². The molecule has 0 spiro atoms. The first-order valence-corrected chi connectivity index (χ1v) is 12.1. The molecular weight excluding hydrogens is 456 g/mol. The van der Waals surface area contributed by atoms with E-state index in [0.717, 1.165) is 19.3 Å². The number of ether oxygens (including phenoxy) is 3. The van der Waals surface area contributed by atoms with Crippen LogP contribution < -0.4 is 19.5 Å². The molecule has 1 fully saturated rings. The Bertz CT molecular complexity index is 1080. The van der Waals surface area contributed by atoms with E-state index in [4.69, 9.17) is 25.8 Å². The Morgan fingerprint density at radius 1 is 1.06 bits per heavy atom. The van der Waals surface area contributed by atoms with Crippen molar-refractivity contribution in [2.45, 2.75) is 31.1 Å². The second kappa shape index (κ2) is 10.4. The van der Waals surface area contributed by atoms with Gasteiger partial charge in [0.05, 0.1) is 25.8 Å². The zero-order valence-corrected chi connectivity index (χ0v) is 19.9. The van der Waals surface area contributed by atoms with E-state index < -0.39 is 15.9 Å². The topological polar surface area (TPSA) is 94.2 Å². The average molecular weight is 483 g/mol. The van der Waals surface area contributed by atoms with E-state index in [-0.39, 0.29) is 21.2 Å². The Kier molecular flexibility index (Phi) is 7.86. The quantitative estimate of drug-likeness (QED) is 0.606. The van der Waals surface area contributed by atoms with Crippen LogP contribution in [0.3, 0.4) is 0 Å². The van der Waals surface area contributed by atoms with Crippen molar-refractivity contribution in [1.82, 2.24) is 4.31 Å². The Morgan fingerprint density at radius 3 is 2.38 bits per heavy atom. The lowest BCUT2D eigenvalue weighted by Gasteiger charge is -2.26. The van der Waals surface area contributed by atoms with Crippen LogP contribution in [0.4, 0.5) is 5.69 Å². The molecule has 0 atom stereocenters. The molecule has 2 aromatic rings. The molecular formula is C22H27ClN2O6S. The molecule has 0 aliphatic carbocycles. The van der Waals surface area contributed by atoms with Crippen LogP contribution in [0.2, 0.25) is 5.02 Å². The minimum Gasteiger partial charge on any atom is -0.495 e. The molecule has 8 nitrogen and oxygen atoms in total. The van der Waals surface area contributed by atoms with Crippen molar-refractivity contribution in [1.29, 1.82) is 0 Å². The fraction of sp³-hybridized carbons (Fsp3) is 0.409. The van der Waals surface area contributed by atoms with Gasteiger partial charge < -0.3 is 19.5 Å². The van der Waals surface area contributed by atoms with E-state index in [1.54, 1.807) is 6.07 Å². The lowest BCUT2D eigenvalue weighted by molar-refractivity contribution is 0.102. The highest BCUT2D eigenvalue weighted by molar-refractivity contribution is 7.89. The highest BCUT2D eigenvalue weighted by Crippen LogP contribution is 2.37. The van der Waals surface area contributed by atoms with Crippen molar-refractivity contribution in [3.8, 4) is 17.2 Å². The SMILES string of the molecule is CCOc1c(Cl)cc(C(=O)Nc2ccc(OC)c(S(=O)(=O)N3CCCCC3)c2)cc1OC. The van der Waals surface area contributed by atoms with Crippen LogP contribution in [0.25, 0.3) is 0 Å². The molecule has 1 saturated heterocycles. The third-order valence-electron chi connectivity index (χ3n) is 5.13. The number of halogens is 1. The van der Waals surface area contributed by atoms with Gasteiger partial charge in [0.25, 0.3) is 5.91 Å². The molecule has 3 rings (SSSR count). The summed E-state index contributed by atoms with van der Waals surface area (Å²) in [6.45, 7) is 3.14. The molecule has 0 radical (unpaired) electrons. The third kappa shape index (κ3) is 5.11. The van der Waals surface area contributed by atoms with Gasteiger partial charge in [0.1, 0.15) is 10.6 Å². The molecule has 10 heteroatoms. The van der Waals surface area contributed by atoms with Gasteiger partial charge in [-0.1, -0.05) is 18.0 Å². The number of nitrogens with one attached hydrogen (secondary N) is 1. The van der Waals surface area contributed by atoms with Crippen molar-refractivity contribution in [3.05, 3.63) is 40.9 Å². The summed E-state index contributed by atoms with van der Waals surface area (Å²) in [5, 5.41) is 2.96. The Labute approximate surface area is 193 Å². The van der Waals surface area contributed by atoms with Crippen molar-refractivity contribution in [2.75, 3.05) is 39.2 Å². The number of sulfonamides is 1. The van der Waals surface area contributed by atoms with Crippen LogP contribution in [-0.2, 0) is 10.0 Å². The summed E-state index contributed by atoms with van der Waals surface area (Å²) < 4.78 is 43.9. The van der Waals surface area contributed by atoms with Crippen LogP contribution in [-0.4, -0.2) is 52.5 Å². The first-order chi connectivity index (χ1) is 15.3. The second-order valence-corrected chi connectivity index (χ2v) is 9.52. The van der Waals surface area contributed by atoms with Crippen LogP contribution in [0, 0.1) is 0 Å². The summed E-state index contributed by atoms with van der Waals surface area (Å²) in [4.78, 5) is 12.9. The monoisotopic (exact) mass is 482 g/mol. The summed E-state index contributed by atoms with van der Waals surface area (Å²) in [7, 11) is -0.889. The molecule has 1 heterocycles. The molecule has 32 heavy (non-hydrogen) atoms. The predicted octanol–water partition coefficient (Wildman–Crippen LogP) is 4.18. The van der Waals surface area contributed by atoms with Crippen molar-refractivity contribution in [3.63, 3.8) is 0 Å². The van der Waals surface area contributed by atoms with Gasteiger partial charge in [-0.25, -0.2) is 8.42 Å². The van der Waals surface area contributed by atoms with Gasteiger partial charge in [0, 0.05) is 24.3 Å². The summed E-state index contributed by atoms with van der Waals surface area (Å²) in [5.41, 5.74) is 0.557. The molecule has 1 aliphatic heterocycles. The molecule has 0 saturated carbocycles. The van der Waals surface area contributed by atoms with Gasteiger partial charge in [-0.2, -0.15) is 4.31 Å². The molecule has 2 aromatic carbocycles. The van der Waals surface area contributed by atoms with Gasteiger partial charge in [0.2, 0.25) is 10.0 Å². The normalized spacial score (nSPS) is 14.6. The minimum absolute atomic E-state index is 0.0157. The van der Waals surface area contributed by atoms with E-state index in [2.05, 4.69) is 5.32 Å². The number of piperidine rings is 1. The highest BCUT2D eigenvalue weighted by atomic mass is 35.5. The zero-order valence-electron chi connectivity index (χ0n) is 18.3. The molecule has 0 aromatic heterocycles. The number of nitrogens with zero attached hydrogens (tertiary/aromatic N) is 1. The second-order valence-electron chi connectivity index (χ2n) is 7.21. The lowest BCUT2D eigenvalue weighted by Crippen LogP contribution is -2.35. The molecule has 1 amide bonds. The first kappa shape index (κ1) is 24.2. The number of methoxy groups -OCH3 is 2. The first-order valence-electron chi connectivity index (χ1n) is 10.3. The maximum Gasteiger partial charge on any atom is 0.255 e. The molecule has 174 valence electrons. The maximum atomic E-state index is 13.2. The Balaban J connectivity index is 1.90. The number of hydrogen-bond donors (Lipinski definition) is 1. The Morgan fingerprint density at radius 2 is 1.75 bits per heavy atom. The predicted molar refractivity (Wildman–Crippen MR) is 123 cm³/mol. The van der Waals surface area contributed by atoms with Crippen molar-refractivity contribution in [2.24, 2.45) is 0 Å². The molecule has 1 aliphatic rings. The molecule has 0 unspecified atom stereocenters.